The van der Waals surface area contributed by atoms with Crippen molar-refractivity contribution in [2.75, 3.05) is 13.7 Å². The molecule has 0 saturated carbocycles. The second-order valence-electron chi connectivity index (χ2n) is 5.71. The fourth-order valence-electron chi connectivity index (χ4n) is 3.23. The lowest BCUT2D eigenvalue weighted by Crippen LogP contribution is -2.19. The summed E-state index contributed by atoms with van der Waals surface area (Å²) in [5.74, 6) is 0. The van der Waals surface area contributed by atoms with E-state index in [0.717, 1.165) is 6.61 Å². The van der Waals surface area contributed by atoms with E-state index < -0.39 is 0 Å². The third-order valence-corrected chi connectivity index (χ3v) is 4.28. The van der Waals surface area contributed by atoms with Gasteiger partial charge < -0.3 is 10.1 Å². The van der Waals surface area contributed by atoms with Gasteiger partial charge in [-0.3, -0.25) is 0 Å². The van der Waals surface area contributed by atoms with Crippen LogP contribution < -0.4 is 5.32 Å². The molecule has 1 fully saturated rings. The highest BCUT2D eigenvalue weighted by Gasteiger charge is 2.18. The summed E-state index contributed by atoms with van der Waals surface area (Å²) in [7, 11) is 2.07. The predicted molar refractivity (Wildman–Crippen MR) is 80.5 cm³/mol. The van der Waals surface area contributed by atoms with Crippen LogP contribution >= 0.6 is 0 Å². The zero-order valence-electron chi connectivity index (χ0n) is 12.5. The highest BCUT2D eigenvalue weighted by Crippen LogP contribution is 2.27. The van der Waals surface area contributed by atoms with Crippen LogP contribution in [0.1, 0.15) is 54.8 Å². The lowest BCUT2D eigenvalue weighted by molar-refractivity contribution is 0.101. The number of hydrogen-bond donors (Lipinski definition) is 1. The minimum absolute atomic E-state index is 0.475. The molecule has 0 amide bonds. The van der Waals surface area contributed by atoms with Crippen LogP contribution in [-0.4, -0.2) is 19.8 Å². The van der Waals surface area contributed by atoms with Gasteiger partial charge in [0.2, 0.25) is 0 Å². The van der Waals surface area contributed by atoms with E-state index in [-0.39, 0.29) is 0 Å². The van der Waals surface area contributed by atoms with E-state index >= 15 is 0 Å². The van der Waals surface area contributed by atoms with E-state index in [4.69, 9.17) is 4.74 Å². The molecule has 2 atom stereocenters. The Bertz CT molecular complexity index is 376. The Hall–Kier alpha value is -0.860. The smallest absolute Gasteiger partial charge is 0.0576 e. The maximum atomic E-state index is 5.70. The average molecular weight is 261 g/mol. The van der Waals surface area contributed by atoms with Crippen LogP contribution in [0.25, 0.3) is 0 Å². The van der Waals surface area contributed by atoms with Crippen molar-refractivity contribution >= 4 is 0 Å². The fraction of sp³-hybridized carbons (Fsp3) is 0.647. The molecule has 1 aromatic rings. The van der Waals surface area contributed by atoms with E-state index in [1.807, 2.05) is 0 Å². The molecule has 2 nitrogen and oxygen atoms in total. The molecule has 0 spiro atoms. The van der Waals surface area contributed by atoms with Crippen LogP contribution in [0.5, 0.6) is 0 Å². The van der Waals surface area contributed by atoms with Gasteiger partial charge in [0.15, 0.2) is 0 Å². The van der Waals surface area contributed by atoms with Gasteiger partial charge in [0.25, 0.3) is 0 Å². The first-order valence-corrected chi connectivity index (χ1v) is 7.57. The minimum atomic E-state index is 0.475. The normalized spacial score (nSPS) is 20.7. The highest BCUT2D eigenvalue weighted by molar-refractivity contribution is 5.36. The van der Waals surface area contributed by atoms with Crippen LogP contribution in [0.2, 0.25) is 0 Å². The van der Waals surface area contributed by atoms with Gasteiger partial charge in [-0.05, 0) is 69.7 Å². The quantitative estimate of drug-likeness (QED) is 0.838. The Morgan fingerprint density at radius 2 is 2.05 bits per heavy atom. The number of ether oxygens (including phenoxy) is 1. The Morgan fingerprint density at radius 3 is 2.63 bits per heavy atom. The SMILES string of the molecule is CNC(CCCC1CCCO1)c1c(C)cccc1C. The van der Waals surface area contributed by atoms with Gasteiger partial charge in [0.05, 0.1) is 6.10 Å². The zero-order chi connectivity index (χ0) is 13.7. The van der Waals surface area contributed by atoms with Crippen molar-refractivity contribution < 1.29 is 4.74 Å². The summed E-state index contributed by atoms with van der Waals surface area (Å²) in [4.78, 5) is 0. The molecule has 1 aromatic carbocycles. The van der Waals surface area contributed by atoms with Crippen molar-refractivity contribution in [3.8, 4) is 0 Å². The lowest BCUT2D eigenvalue weighted by Gasteiger charge is -2.21. The predicted octanol–water partition coefficient (Wildman–Crippen LogP) is 3.91. The summed E-state index contributed by atoms with van der Waals surface area (Å²) >= 11 is 0. The van der Waals surface area contributed by atoms with E-state index in [1.165, 1.54) is 48.8 Å². The summed E-state index contributed by atoms with van der Waals surface area (Å²) in [5, 5.41) is 3.48. The first-order chi connectivity index (χ1) is 9.22. The lowest BCUT2D eigenvalue weighted by atomic mass is 9.92. The molecular formula is C17H27NO. The molecule has 2 heteroatoms. The van der Waals surface area contributed by atoms with Gasteiger partial charge in [0.1, 0.15) is 0 Å². The highest BCUT2D eigenvalue weighted by atomic mass is 16.5. The van der Waals surface area contributed by atoms with Gasteiger partial charge in [-0.2, -0.15) is 0 Å². The molecule has 0 aliphatic carbocycles. The number of benzene rings is 1. The summed E-state index contributed by atoms with van der Waals surface area (Å²) in [6, 6.07) is 7.05. The van der Waals surface area contributed by atoms with E-state index in [0.29, 0.717) is 12.1 Å². The topological polar surface area (TPSA) is 21.3 Å². The van der Waals surface area contributed by atoms with Crippen molar-refractivity contribution in [1.29, 1.82) is 0 Å². The molecule has 2 unspecified atom stereocenters. The van der Waals surface area contributed by atoms with Crippen molar-refractivity contribution in [3.63, 3.8) is 0 Å². The molecule has 106 valence electrons. The van der Waals surface area contributed by atoms with E-state index in [1.54, 1.807) is 0 Å². The van der Waals surface area contributed by atoms with Gasteiger partial charge in [-0.1, -0.05) is 18.2 Å². The second kappa shape index (κ2) is 7.06. The molecule has 1 saturated heterocycles. The summed E-state index contributed by atoms with van der Waals surface area (Å²) in [5.41, 5.74) is 4.28. The number of rotatable bonds is 6. The maximum Gasteiger partial charge on any atom is 0.0576 e. The van der Waals surface area contributed by atoms with Crippen LogP contribution in [-0.2, 0) is 4.74 Å². The second-order valence-corrected chi connectivity index (χ2v) is 5.71. The van der Waals surface area contributed by atoms with Crippen LogP contribution in [0, 0.1) is 13.8 Å². The Kier molecular flexibility index (Phi) is 5.41. The zero-order valence-corrected chi connectivity index (χ0v) is 12.5. The molecule has 1 N–H and O–H groups in total. The first kappa shape index (κ1) is 14.5. The summed E-state index contributed by atoms with van der Waals surface area (Å²) < 4.78 is 5.70. The minimum Gasteiger partial charge on any atom is -0.378 e. The molecule has 0 radical (unpaired) electrons. The molecule has 0 aromatic heterocycles. The van der Waals surface area contributed by atoms with Crippen molar-refractivity contribution in [2.45, 2.75) is 58.1 Å². The molecule has 1 aliphatic rings. The molecule has 2 rings (SSSR count). The van der Waals surface area contributed by atoms with Gasteiger partial charge >= 0.3 is 0 Å². The third kappa shape index (κ3) is 3.80. The number of hydrogen-bond acceptors (Lipinski definition) is 2. The van der Waals surface area contributed by atoms with Gasteiger partial charge in [-0.15, -0.1) is 0 Å². The molecular weight excluding hydrogens is 234 g/mol. The van der Waals surface area contributed by atoms with E-state index in [2.05, 4.69) is 44.4 Å². The summed E-state index contributed by atoms with van der Waals surface area (Å²) in [6.45, 7) is 5.40. The standard InChI is InChI=1S/C17H27NO/c1-13-7-4-8-14(2)17(13)16(18-3)11-5-9-15-10-6-12-19-15/h4,7-8,15-16,18H,5-6,9-12H2,1-3H3. The molecule has 19 heavy (non-hydrogen) atoms. The summed E-state index contributed by atoms with van der Waals surface area (Å²) in [6.07, 6.45) is 6.68. The Labute approximate surface area is 117 Å². The van der Waals surface area contributed by atoms with Crippen molar-refractivity contribution in [2.24, 2.45) is 0 Å². The van der Waals surface area contributed by atoms with Gasteiger partial charge in [0, 0.05) is 12.6 Å². The molecule has 1 aliphatic heterocycles. The van der Waals surface area contributed by atoms with Crippen molar-refractivity contribution in [1.82, 2.24) is 5.32 Å². The average Bonchev–Trinajstić information content (AvgIpc) is 2.89. The maximum absolute atomic E-state index is 5.70. The Morgan fingerprint density at radius 1 is 1.32 bits per heavy atom. The van der Waals surface area contributed by atoms with Crippen LogP contribution in [0.3, 0.4) is 0 Å². The first-order valence-electron chi connectivity index (χ1n) is 7.57. The number of nitrogens with one attached hydrogen (secondary N) is 1. The Balaban J connectivity index is 1.92. The molecule has 0 bridgehead atoms. The van der Waals surface area contributed by atoms with Crippen LogP contribution in [0.4, 0.5) is 0 Å². The van der Waals surface area contributed by atoms with Crippen LogP contribution in [0.15, 0.2) is 18.2 Å². The third-order valence-electron chi connectivity index (χ3n) is 4.28. The molecule has 1 heterocycles. The van der Waals surface area contributed by atoms with Gasteiger partial charge in [-0.25, -0.2) is 0 Å². The largest absolute Gasteiger partial charge is 0.378 e. The number of aryl methyl sites for hydroxylation is 2. The van der Waals surface area contributed by atoms with Crippen molar-refractivity contribution in [3.05, 3.63) is 34.9 Å². The fourth-order valence-corrected chi connectivity index (χ4v) is 3.23. The van der Waals surface area contributed by atoms with E-state index in [9.17, 15) is 0 Å². The monoisotopic (exact) mass is 261 g/mol.